The van der Waals surface area contributed by atoms with Gasteiger partial charge in [-0.3, -0.25) is 0 Å². The van der Waals surface area contributed by atoms with E-state index in [9.17, 15) is 0 Å². The average molecular weight is 368 g/mol. The first-order valence-electron chi connectivity index (χ1n) is 7.28. The highest BCUT2D eigenvalue weighted by Crippen LogP contribution is 2.22. The highest BCUT2D eigenvalue weighted by atomic mass is 79.9. The minimum absolute atomic E-state index is 0.538. The smallest absolute Gasteiger partial charge is 0.118 e. The van der Waals surface area contributed by atoms with Crippen LogP contribution < -0.4 is 10.1 Å². The van der Waals surface area contributed by atoms with Crippen LogP contribution >= 0.6 is 27.3 Å². The molecule has 1 atom stereocenters. The van der Waals surface area contributed by atoms with E-state index < -0.39 is 0 Å². The summed E-state index contributed by atoms with van der Waals surface area (Å²) in [6, 6.07) is 13.2. The molecule has 0 saturated carbocycles. The van der Waals surface area contributed by atoms with Crippen molar-refractivity contribution in [3.63, 3.8) is 0 Å². The molecule has 1 aromatic heterocycles. The van der Waals surface area contributed by atoms with E-state index in [1.807, 2.05) is 23.5 Å². The molecule has 0 spiro atoms. The van der Waals surface area contributed by atoms with Gasteiger partial charge in [-0.25, -0.2) is 0 Å². The normalized spacial score (nSPS) is 12.3. The molecule has 0 aliphatic rings. The lowest BCUT2D eigenvalue weighted by Crippen LogP contribution is -2.28. The first-order valence-corrected chi connectivity index (χ1v) is 8.89. The minimum atomic E-state index is 0.538. The van der Waals surface area contributed by atoms with E-state index in [0.29, 0.717) is 6.04 Å². The van der Waals surface area contributed by atoms with Crippen molar-refractivity contribution in [1.29, 1.82) is 0 Å². The van der Waals surface area contributed by atoms with Crippen LogP contribution in [0.1, 0.15) is 23.8 Å². The molecule has 2 rings (SSSR count). The Morgan fingerprint density at radius 2 is 1.90 bits per heavy atom. The van der Waals surface area contributed by atoms with Gasteiger partial charge < -0.3 is 10.1 Å². The second-order valence-corrected chi connectivity index (χ2v) is 7.75. The zero-order valence-electron chi connectivity index (χ0n) is 12.6. The molecule has 1 aromatic carbocycles. The van der Waals surface area contributed by atoms with E-state index in [0.717, 1.165) is 31.6 Å². The number of hydrogen-bond acceptors (Lipinski definition) is 3. The second-order valence-electron chi connectivity index (χ2n) is 5.20. The molecular formula is C17H22BrNOS. The number of thiophene rings is 1. The van der Waals surface area contributed by atoms with Crippen LogP contribution in [0.5, 0.6) is 5.75 Å². The summed E-state index contributed by atoms with van der Waals surface area (Å²) < 4.78 is 6.39. The van der Waals surface area contributed by atoms with Crippen LogP contribution in [0.4, 0.5) is 0 Å². The van der Waals surface area contributed by atoms with Gasteiger partial charge in [0.1, 0.15) is 5.75 Å². The molecule has 4 heteroatoms. The fourth-order valence-electron chi connectivity index (χ4n) is 2.21. The molecule has 0 aliphatic carbocycles. The first kappa shape index (κ1) is 16.5. The lowest BCUT2D eigenvalue weighted by Gasteiger charge is -2.13. The summed E-state index contributed by atoms with van der Waals surface area (Å²) in [7, 11) is 1.70. The Morgan fingerprint density at radius 3 is 2.52 bits per heavy atom. The lowest BCUT2D eigenvalue weighted by molar-refractivity contribution is 0.414. The van der Waals surface area contributed by atoms with Crippen molar-refractivity contribution in [2.24, 2.45) is 0 Å². The van der Waals surface area contributed by atoms with Crippen molar-refractivity contribution in [3.8, 4) is 5.75 Å². The number of halogens is 1. The van der Waals surface area contributed by atoms with Gasteiger partial charge in [-0.15, -0.1) is 11.3 Å². The first-order chi connectivity index (χ1) is 10.2. The minimum Gasteiger partial charge on any atom is -0.497 e. The molecule has 0 bridgehead atoms. The number of ether oxygens (including phenoxy) is 1. The Balaban J connectivity index is 1.65. The Labute approximate surface area is 139 Å². The van der Waals surface area contributed by atoms with E-state index in [1.54, 1.807) is 7.11 Å². The Hall–Kier alpha value is -0.840. The number of methoxy groups -OCH3 is 1. The molecule has 2 aromatic rings. The van der Waals surface area contributed by atoms with Gasteiger partial charge in [-0.1, -0.05) is 12.1 Å². The third-order valence-electron chi connectivity index (χ3n) is 3.52. The maximum absolute atomic E-state index is 5.18. The molecule has 0 radical (unpaired) electrons. The SMILES string of the molecule is COc1ccc(CCC(C)NCCc2ccc(Br)s2)cc1. The summed E-state index contributed by atoms with van der Waals surface area (Å²) in [6.07, 6.45) is 3.35. The number of aryl methyl sites for hydroxylation is 1. The van der Waals surface area contributed by atoms with Crippen LogP contribution in [-0.4, -0.2) is 19.7 Å². The van der Waals surface area contributed by atoms with Crippen LogP contribution in [0, 0.1) is 0 Å². The van der Waals surface area contributed by atoms with Gasteiger partial charge in [0, 0.05) is 17.5 Å². The molecule has 1 N–H and O–H groups in total. The average Bonchev–Trinajstić information content (AvgIpc) is 2.91. The number of rotatable bonds is 8. The molecule has 21 heavy (non-hydrogen) atoms. The fraction of sp³-hybridized carbons (Fsp3) is 0.412. The summed E-state index contributed by atoms with van der Waals surface area (Å²) in [5.74, 6) is 0.923. The van der Waals surface area contributed by atoms with E-state index in [1.165, 1.54) is 14.2 Å². The van der Waals surface area contributed by atoms with Crippen molar-refractivity contribution in [1.82, 2.24) is 5.32 Å². The van der Waals surface area contributed by atoms with Gasteiger partial charge in [0.25, 0.3) is 0 Å². The fourth-order valence-corrected chi connectivity index (χ4v) is 3.69. The van der Waals surface area contributed by atoms with Gasteiger partial charge in [0.15, 0.2) is 0 Å². The van der Waals surface area contributed by atoms with Crippen molar-refractivity contribution in [3.05, 3.63) is 50.6 Å². The van der Waals surface area contributed by atoms with Crippen molar-refractivity contribution in [2.45, 2.75) is 32.2 Å². The van der Waals surface area contributed by atoms with E-state index in [2.05, 4.69) is 52.4 Å². The maximum Gasteiger partial charge on any atom is 0.118 e. The summed E-state index contributed by atoms with van der Waals surface area (Å²) in [5, 5.41) is 3.60. The zero-order valence-corrected chi connectivity index (χ0v) is 15.0. The lowest BCUT2D eigenvalue weighted by atomic mass is 10.1. The van der Waals surface area contributed by atoms with Crippen LogP contribution in [0.15, 0.2) is 40.2 Å². The molecular weight excluding hydrogens is 346 g/mol. The van der Waals surface area contributed by atoms with E-state index in [-0.39, 0.29) is 0 Å². The molecule has 0 aliphatic heterocycles. The van der Waals surface area contributed by atoms with Crippen molar-refractivity contribution in [2.75, 3.05) is 13.7 Å². The topological polar surface area (TPSA) is 21.3 Å². The van der Waals surface area contributed by atoms with E-state index >= 15 is 0 Å². The summed E-state index contributed by atoms with van der Waals surface area (Å²) in [5.41, 5.74) is 1.37. The van der Waals surface area contributed by atoms with Gasteiger partial charge >= 0.3 is 0 Å². The number of nitrogens with one attached hydrogen (secondary N) is 1. The van der Waals surface area contributed by atoms with Gasteiger partial charge in [-0.05, 0) is 71.9 Å². The third-order valence-corrected chi connectivity index (χ3v) is 5.20. The highest BCUT2D eigenvalue weighted by molar-refractivity contribution is 9.11. The van der Waals surface area contributed by atoms with Crippen LogP contribution in [0.3, 0.4) is 0 Å². The molecule has 1 unspecified atom stereocenters. The number of benzene rings is 1. The Morgan fingerprint density at radius 1 is 1.14 bits per heavy atom. The Bertz CT molecular complexity index is 538. The summed E-state index contributed by atoms with van der Waals surface area (Å²) >= 11 is 5.32. The molecule has 1 heterocycles. The predicted octanol–water partition coefficient (Wildman–Crippen LogP) is 4.67. The largest absolute Gasteiger partial charge is 0.497 e. The van der Waals surface area contributed by atoms with Crippen molar-refractivity contribution < 1.29 is 4.74 Å². The van der Waals surface area contributed by atoms with E-state index in [4.69, 9.17) is 4.74 Å². The maximum atomic E-state index is 5.18. The zero-order chi connectivity index (χ0) is 15.1. The number of hydrogen-bond donors (Lipinski definition) is 1. The monoisotopic (exact) mass is 367 g/mol. The molecule has 0 fully saturated rings. The van der Waals surface area contributed by atoms with Gasteiger partial charge in [0.2, 0.25) is 0 Å². The predicted molar refractivity (Wildman–Crippen MR) is 94.5 cm³/mol. The quantitative estimate of drug-likeness (QED) is 0.731. The van der Waals surface area contributed by atoms with Crippen LogP contribution in [0.25, 0.3) is 0 Å². The standard InChI is InChI=1S/C17H22BrNOS/c1-13(19-12-11-16-9-10-17(18)21-16)3-4-14-5-7-15(20-2)8-6-14/h5-10,13,19H,3-4,11-12H2,1-2H3. The van der Waals surface area contributed by atoms with Gasteiger partial charge in [-0.2, -0.15) is 0 Å². The second kappa shape index (κ2) is 8.57. The third kappa shape index (κ3) is 5.81. The van der Waals surface area contributed by atoms with Crippen LogP contribution in [0.2, 0.25) is 0 Å². The molecule has 2 nitrogen and oxygen atoms in total. The van der Waals surface area contributed by atoms with Crippen molar-refractivity contribution >= 4 is 27.3 Å². The molecule has 0 amide bonds. The highest BCUT2D eigenvalue weighted by Gasteiger charge is 2.03. The molecule has 114 valence electrons. The van der Waals surface area contributed by atoms with Crippen LogP contribution in [-0.2, 0) is 12.8 Å². The summed E-state index contributed by atoms with van der Waals surface area (Å²) in [6.45, 7) is 3.30. The molecule has 0 saturated heterocycles. The summed E-state index contributed by atoms with van der Waals surface area (Å²) in [4.78, 5) is 1.43. The Kier molecular flexibility index (Phi) is 6.74. The van der Waals surface area contributed by atoms with Gasteiger partial charge in [0.05, 0.1) is 10.9 Å².